The van der Waals surface area contributed by atoms with Gasteiger partial charge in [0.25, 0.3) is 11.8 Å². The van der Waals surface area contributed by atoms with Gasteiger partial charge in [0.1, 0.15) is 0 Å². The van der Waals surface area contributed by atoms with Gasteiger partial charge in [0.2, 0.25) is 0 Å². The molecule has 31 heavy (non-hydrogen) atoms. The van der Waals surface area contributed by atoms with Crippen molar-refractivity contribution < 1.29 is 28.6 Å². The van der Waals surface area contributed by atoms with E-state index in [1.165, 1.54) is 19.1 Å². The monoisotopic (exact) mass is 428 g/mol. The molecule has 2 aromatic carbocycles. The average molecular weight is 428 g/mol. The van der Waals surface area contributed by atoms with Crippen molar-refractivity contribution in [1.82, 2.24) is 9.80 Å². The van der Waals surface area contributed by atoms with Crippen molar-refractivity contribution in [2.24, 2.45) is 0 Å². The molecule has 8 heteroatoms. The van der Waals surface area contributed by atoms with Crippen LogP contribution in [0.3, 0.4) is 0 Å². The largest absolute Gasteiger partial charge is 0.493 e. The number of esters is 1. The Morgan fingerprint density at radius 3 is 2.06 bits per heavy atom. The van der Waals surface area contributed by atoms with Gasteiger partial charge in [-0.25, -0.2) is 4.79 Å². The van der Waals surface area contributed by atoms with Crippen LogP contribution in [-0.2, 0) is 16.1 Å². The van der Waals surface area contributed by atoms with Crippen molar-refractivity contribution >= 4 is 17.8 Å². The smallest absolute Gasteiger partial charge is 0.343 e. The van der Waals surface area contributed by atoms with Crippen LogP contribution in [0.5, 0.6) is 11.5 Å². The zero-order chi connectivity index (χ0) is 23.0. The van der Waals surface area contributed by atoms with E-state index in [0.29, 0.717) is 35.7 Å². The van der Waals surface area contributed by atoms with Crippen LogP contribution < -0.4 is 9.47 Å². The molecule has 0 bridgehead atoms. The first kappa shape index (κ1) is 23.7. The summed E-state index contributed by atoms with van der Waals surface area (Å²) < 4.78 is 15.3. The maximum Gasteiger partial charge on any atom is 0.343 e. The van der Waals surface area contributed by atoms with E-state index >= 15 is 0 Å². The molecular formula is C23H28N2O6. The third-order valence-corrected chi connectivity index (χ3v) is 4.63. The van der Waals surface area contributed by atoms with E-state index < -0.39 is 5.97 Å². The molecule has 166 valence electrons. The van der Waals surface area contributed by atoms with Crippen molar-refractivity contribution in [1.29, 1.82) is 0 Å². The topological polar surface area (TPSA) is 85.4 Å². The Kier molecular flexibility index (Phi) is 8.43. The Labute approximate surface area is 182 Å². The SMILES string of the molecule is CCN(Cc1ccc(C(=O)N(C)C)cc1)C(=O)c1ccc(OCC(=O)OC)c(OC)c1. The van der Waals surface area contributed by atoms with E-state index in [2.05, 4.69) is 4.74 Å². The summed E-state index contributed by atoms with van der Waals surface area (Å²) in [6.45, 7) is 2.54. The minimum absolute atomic E-state index is 0.0726. The third kappa shape index (κ3) is 6.21. The van der Waals surface area contributed by atoms with E-state index in [1.807, 2.05) is 19.1 Å². The summed E-state index contributed by atoms with van der Waals surface area (Å²) in [4.78, 5) is 39.5. The molecule has 2 rings (SSSR count). The molecule has 2 amide bonds. The molecule has 0 N–H and O–H groups in total. The fraction of sp³-hybridized carbons (Fsp3) is 0.348. The molecule has 0 aliphatic carbocycles. The molecule has 0 saturated heterocycles. The standard InChI is InChI=1S/C23H28N2O6/c1-6-25(14-16-7-9-17(10-8-16)22(27)24(2)3)23(28)18-11-12-19(20(13-18)29-4)31-15-21(26)30-5/h7-13H,6,14-15H2,1-5H3. The number of carbonyl (C=O) groups is 3. The maximum absolute atomic E-state index is 13.0. The van der Waals surface area contributed by atoms with Gasteiger partial charge in [-0.2, -0.15) is 0 Å². The number of benzene rings is 2. The van der Waals surface area contributed by atoms with Gasteiger partial charge < -0.3 is 24.0 Å². The lowest BCUT2D eigenvalue weighted by molar-refractivity contribution is -0.142. The molecule has 8 nitrogen and oxygen atoms in total. The molecule has 0 atom stereocenters. The summed E-state index contributed by atoms with van der Waals surface area (Å²) >= 11 is 0. The van der Waals surface area contributed by atoms with Gasteiger partial charge in [0.05, 0.1) is 14.2 Å². The van der Waals surface area contributed by atoms with Crippen LogP contribution in [0.1, 0.15) is 33.2 Å². The van der Waals surface area contributed by atoms with Gasteiger partial charge >= 0.3 is 5.97 Å². The first-order valence-corrected chi connectivity index (χ1v) is 9.78. The second-order valence-corrected chi connectivity index (χ2v) is 6.95. The number of rotatable bonds is 9. The lowest BCUT2D eigenvalue weighted by Crippen LogP contribution is -2.30. The van der Waals surface area contributed by atoms with E-state index in [4.69, 9.17) is 9.47 Å². The van der Waals surface area contributed by atoms with Crippen molar-refractivity contribution in [3.63, 3.8) is 0 Å². The third-order valence-electron chi connectivity index (χ3n) is 4.63. The van der Waals surface area contributed by atoms with Crippen molar-refractivity contribution in [3.05, 3.63) is 59.2 Å². The number of nitrogens with zero attached hydrogens (tertiary/aromatic N) is 2. The molecule has 0 unspecified atom stereocenters. The predicted molar refractivity (Wildman–Crippen MR) is 115 cm³/mol. The van der Waals surface area contributed by atoms with Gasteiger partial charge in [-0.15, -0.1) is 0 Å². The van der Waals surface area contributed by atoms with E-state index in [0.717, 1.165) is 5.56 Å². The van der Waals surface area contributed by atoms with Gasteiger partial charge in [0, 0.05) is 38.3 Å². The number of hydrogen-bond donors (Lipinski definition) is 0. The number of hydrogen-bond acceptors (Lipinski definition) is 6. The normalized spacial score (nSPS) is 10.2. The number of ether oxygens (including phenoxy) is 3. The molecule has 0 heterocycles. The lowest BCUT2D eigenvalue weighted by atomic mass is 10.1. The molecule has 0 aromatic heterocycles. The molecule has 0 saturated carbocycles. The molecular weight excluding hydrogens is 400 g/mol. The van der Waals surface area contributed by atoms with E-state index in [-0.39, 0.29) is 18.4 Å². The van der Waals surface area contributed by atoms with Crippen LogP contribution in [0.25, 0.3) is 0 Å². The first-order chi connectivity index (χ1) is 14.8. The Hall–Kier alpha value is -3.55. The highest BCUT2D eigenvalue weighted by Gasteiger charge is 2.18. The van der Waals surface area contributed by atoms with Gasteiger partial charge in [0.15, 0.2) is 18.1 Å². The Balaban J connectivity index is 2.14. The van der Waals surface area contributed by atoms with Crippen molar-refractivity contribution in [3.8, 4) is 11.5 Å². The molecule has 0 aliphatic heterocycles. The molecule has 0 aliphatic rings. The summed E-state index contributed by atoms with van der Waals surface area (Å²) in [5, 5.41) is 0. The Morgan fingerprint density at radius 2 is 1.52 bits per heavy atom. The van der Waals surface area contributed by atoms with E-state index in [9.17, 15) is 14.4 Å². The zero-order valence-electron chi connectivity index (χ0n) is 18.5. The van der Waals surface area contributed by atoms with Crippen molar-refractivity contribution in [2.45, 2.75) is 13.5 Å². The van der Waals surface area contributed by atoms with Crippen molar-refractivity contribution in [2.75, 3.05) is 41.5 Å². The van der Waals surface area contributed by atoms with Crippen LogP contribution in [-0.4, -0.2) is 69.1 Å². The summed E-state index contributed by atoms with van der Waals surface area (Å²) in [6, 6.07) is 12.0. The van der Waals surface area contributed by atoms with Crippen LogP contribution in [0.4, 0.5) is 0 Å². The zero-order valence-corrected chi connectivity index (χ0v) is 18.5. The molecule has 2 aromatic rings. The minimum atomic E-state index is -0.516. The molecule has 0 radical (unpaired) electrons. The number of methoxy groups -OCH3 is 2. The fourth-order valence-corrected chi connectivity index (χ4v) is 2.86. The first-order valence-electron chi connectivity index (χ1n) is 9.78. The predicted octanol–water partition coefficient (Wildman–Crippen LogP) is 2.61. The summed E-state index contributed by atoms with van der Waals surface area (Å²) in [5.41, 5.74) is 1.94. The van der Waals surface area contributed by atoms with Crippen LogP contribution in [0.15, 0.2) is 42.5 Å². The van der Waals surface area contributed by atoms with Gasteiger partial charge in [-0.1, -0.05) is 12.1 Å². The summed E-state index contributed by atoms with van der Waals surface area (Å²) in [5.74, 6) is -0.0750. The quantitative estimate of drug-likeness (QED) is 0.571. The highest BCUT2D eigenvalue weighted by atomic mass is 16.6. The highest BCUT2D eigenvalue weighted by Crippen LogP contribution is 2.29. The fourth-order valence-electron chi connectivity index (χ4n) is 2.86. The summed E-state index contributed by atoms with van der Waals surface area (Å²) in [7, 11) is 6.14. The Bertz CT molecular complexity index is 924. The minimum Gasteiger partial charge on any atom is -0.493 e. The van der Waals surface area contributed by atoms with Gasteiger partial charge in [-0.3, -0.25) is 9.59 Å². The highest BCUT2D eigenvalue weighted by molar-refractivity contribution is 5.95. The lowest BCUT2D eigenvalue weighted by Gasteiger charge is -2.22. The second kappa shape index (κ2) is 11.0. The molecule has 0 fully saturated rings. The van der Waals surface area contributed by atoms with Crippen LogP contribution >= 0.6 is 0 Å². The number of carbonyl (C=O) groups excluding carboxylic acids is 3. The maximum atomic E-state index is 13.0. The Morgan fingerprint density at radius 1 is 0.871 bits per heavy atom. The van der Waals surface area contributed by atoms with Crippen LogP contribution in [0.2, 0.25) is 0 Å². The van der Waals surface area contributed by atoms with E-state index in [1.54, 1.807) is 49.3 Å². The second-order valence-electron chi connectivity index (χ2n) is 6.95. The number of amides is 2. The summed E-state index contributed by atoms with van der Waals surface area (Å²) in [6.07, 6.45) is 0. The van der Waals surface area contributed by atoms with Crippen LogP contribution in [0, 0.1) is 0 Å². The molecule has 0 spiro atoms. The average Bonchev–Trinajstić information content (AvgIpc) is 2.80. The van der Waals surface area contributed by atoms with Gasteiger partial charge in [-0.05, 0) is 42.8 Å².